The maximum absolute atomic E-state index is 15.2. The number of rotatable bonds is 14. The Kier molecular flexibility index (Phi) is 28.7. The summed E-state index contributed by atoms with van der Waals surface area (Å²) in [6.45, 7) is 18.2. The van der Waals surface area contributed by atoms with Gasteiger partial charge in [-0.15, -0.1) is 0 Å². The molecule has 144 heavy (non-hydrogen) atoms. The highest BCUT2D eigenvalue weighted by molar-refractivity contribution is 5.99. The average molecular weight is 1980 g/mol. The fourth-order valence-electron chi connectivity index (χ4n) is 21.7. The molecule has 8 heterocycles. The van der Waals surface area contributed by atoms with Crippen LogP contribution in [0.2, 0.25) is 0 Å². The normalized spacial score (nSPS) is 17.3. The average Bonchev–Trinajstić information content (AvgIpc) is 1.23. The summed E-state index contributed by atoms with van der Waals surface area (Å²) in [4.78, 5) is 146. The van der Waals surface area contributed by atoms with Gasteiger partial charge < -0.3 is 43.7 Å². The summed E-state index contributed by atoms with van der Waals surface area (Å²) < 4.78 is 147. The van der Waals surface area contributed by atoms with Crippen molar-refractivity contribution in [1.82, 2.24) is 58.7 Å². The molecule has 746 valence electrons. The fraction of sp³-hybridized carbons (Fsp3) is 0.343. The molecule has 4 aliphatic heterocycles. The summed E-state index contributed by atoms with van der Waals surface area (Å²) in [5.41, 5.74) is 5.65. The van der Waals surface area contributed by atoms with Crippen LogP contribution in [0.1, 0.15) is 261 Å². The minimum atomic E-state index is -1.13. The first-order valence-corrected chi connectivity index (χ1v) is 47.8. The minimum absolute atomic E-state index is 0.137. The second kappa shape index (κ2) is 41.3. The molecule has 0 saturated carbocycles. The number of fused-ring (bicyclic) bond motifs is 12. The lowest BCUT2D eigenvalue weighted by molar-refractivity contribution is -0.133. The quantitative estimate of drug-likeness (QED) is 0.0780. The highest BCUT2D eigenvalue weighted by atomic mass is 19.2. The zero-order valence-electron chi connectivity index (χ0n) is 80.3. The van der Waals surface area contributed by atoms with Gasteiger partial charge in [0.2, 0.25) is 39.0 Å². The third-order valence-corrected chi connectivity index (χ3v) is 27.8. The number of aromatic nitrogens is 8. The summed E-state index contributed by atoms with van der Waals surface area (Å²) >= 11 is 0. The smallest absolute Gasteiger partial charge is 0.502 e. The molecule has 4 aromatic heterocycles. The summed E-state index contributed by atoms with van der Waals surface area (Å²) in [6.07, 6.45) is 6.18. The van der Waals surface area contributed by atoms with Crippen molar-refractivity contribution >= 4 is 41.7 Å². The Bertz CT molecular complexity index is 7240. The van der Waals surface area contributed by atoms with Crippen molar-refractivity contribution < 1.29 is 92.7 Å². The number of nitrogens with zero attached hydrogens (tertiary/aromatic N) is 12. The first-order valence-electron chi connectivity index (χ1n) is 47.8. The molecule has 0 saturated heterocycles. The van der Waals surface area contributed by atoms with E-state index in [1.165, 1.54) is 67.3 Å². The van der Waals surface area contributed by atoms with Gasteiger partial charge in [0.1, 0.15) is 46.5 Å². The lowest BCUT2D eigenvalue weighted by Crippen LogP contribution is -2.50. The van der Waals surface area contributed by atoms with Crippen LogP contribution in [0.4, 0.5) is 39.9 Å². The molecule has 0 bridgehead atoms. The molecule has 0 radical (unpaired) electrons. The largest absolute Gasteiger partial charge is 0.514 e. The van der Waals surface area contributed by atoms with Crippen LogP contribution in [0.5, 0.6) is 23.0 Å². The molecular weight excluding hydrogens is 1870 g/mol. The maximum Gasteiger partial charge on any atom is 0.514 e. The van der Waals surface area contributed by atoms with E-state index in [0.717, 1.165) is 38.6 Å². The van der Waals surface area contributed by atoms with E-state index in [-0.39, 0.29) is 102 Å². The second-order valence-electron chi connectivity index (χ2n) is 37.5. The Labute approximate surface area is 820 Å². The minimum Gasteiger partial charge on any atom is -0.502 e. The van der Waals surface area contributed by atoms with E-state index in [9.17, 15) is 66.6 Å². The fourth-order valence-corrected chi connectivity index (χ4v) is 21.7. The van der Waals surface area contributed by atoms with Crippen molar-refractivity contribution in [2.24, 2.45) is 0 Å². The monoisotopic (exact) mass is 1970 g/mol. The molecule has 28 nitrogen and oxygen atoms in total. The summed E-state index contributed by atoms with van der Waals surface area (Å²) in [5.74, 6) is -10.8. The van der Waals surface area contributed by atoms with Crippen molar-refractivity contribution in [1.29, 1.82) is 0 Å². The van der Waals surface area contributed by atoms with Gasteiger partial charge in [0.25, 0.3) is 23.6 Å². The van der Waals surface area contributed by atoms with Crippen LogP contribution in [-0.4, -0.2) is 163 Å². The van der Waals surface area contributed by atoms with E-state index in [4.69, 9.17) is 18.9 Å². The van der Waals surface area contributed by atoms with Crippen LogP contribution in [-0.2, 0) is 65.7 Å². The van der Waals surface area contributed by atoms with Crippen LogP contribution >= 0.6 is 0 Å². The molecule has 4 unspecified atom stereocenters. The summed E-state index contributed by atoms with van der Waals surface area (Å²) in [6, 6.07) is 35.5. The van der Waals surface area contributed by atoms with Crippen molar-refractivity contribution in [3.05, 3.63) is 370 Å². The van der Waals surface area contributed by atoms with Gasteiger partial charge >= 0.3 is 18.1 Å². The topological polar surface area (TPSA) is 329 Å². The number of amides is 4. The van der Waals surface area contributed by atoms with Gasteiger partial charge in [0.15, 0.2) is 28.5 Å². The SMILES string of the molecule is CC(=O)Oc1c2n(ncc1=O)C(C1c3cccc(F)c3CCc3c(F)cccc31)CN(C(C)C)C2=O.CC(C)OC(=O)Oc1c2n(ncc1=O)C(C1c3cccc(F)c3CCc3c(F)cccc31)CN(C(C)C)C2=O.CCCN1CC(C2c3cccc(F)c3CCc3c(F)cccc32)n2ncc(=O)c(O)c2C1=O.CCCN1CC(C2c3cccc(F)c3CCc3c(F)cccc32)n2ncc(=O)c(OC(C)=O)c2C1=O. The molecular formula is C108H102F8N12O16. The molecule has 0 spiro atoms. The molecule has 8 aliphatic rings. The van der Waals surface area contributed by atoms with Crippen molar-refractivity contribution in [2.75, 3.05) is 39.3 Å². The molecule has 0 fully saturated rings. The van der Waals surface area contributed by atoms with E-state index < -0.39 is 146 Å². The Morgan fingerprint density at radius 3 is 0.806 bits per heavy atom. The van der Waals surface area contributed by atoms with E-state index >= 15 is 26.3 Å². The van der Waals surface area contributed by atoms with E-state index in [2.05, 4.69) is 20.4 Å². The van der Waals surface area contributed by atoms with Gasteiger partial charge in [-0.25, -0.2) is 39.9 Å². The Morgan fingerprint density at radius 2 is 0.562 bits per heavy atom. The summed E-state index contributed by atoms with van der Waals surface area (Å²) in [5, 5.41) is 27.6. The zero-order chi connectivity index (χ0) is 103. The number of hydrogen-bond donors (Lipinski definition) is 1. The first kappa shape index (κ1) is 100. The molecule has 8 aromatic carbocycles. The maximum atomic E-state index is 15.2. The summed E-state index contributed by atoms with van der Waals surface area (Å²) in [7, 11) is 0. The van der Waals surface area contributed by atoms with Gasteiger partial charge in [0.05, 0.1) is 55.1 Å². The van der Waals surface area contributed by atoms with Crippen LogP contribution < -0.4 is 35.9 Å². The van der Waals surface area contributed by atoms with Crippen LogP contribution in [0, 0.1) is 46.5 Å². The number of hydrogen-bond acceptors (Lipinski definition) is 20. The van der Waals surface area contributed by atoms with E-state index in [1.54, 1.807) is 94.1 Å². The van der Waals surface area contributed by atoms with Gasteiger partial charge in [-0.1, -0.05) is 111 Å². The molecule has 4 aliphatic carbocycles. The van der Waals surface area contributed by atoms with Gasteiger partial charge in [-0.3, -0.25) is 66.7 Å². The number of aromatic hydroxyl groups is 1. The molecule has 1 N–H and O–H groups in total. The number of benzene rings is 8. The predicted molar refractivity (Wildman–Crippen MR) is 510 cm³/mol. The van der Waals surface area contributed by atoms with Crippen LogP contribution in [0.15, 0.2) is 190 Å². The molecule has 4 amide bonds. The van der Waals surface area contributed by atoms with Crippen molar-refractivity contribution in [3.63, 3.8) is 0 Å². The van der Waals surface area contributed by atoms with Crippen molar-refractivity contribution in [2.45, 2.75) is 199 Å². The molecule has 20 rings (SSSR count). The number of ether oxygens (including phenoxy) is 4. The van der Waals surface area contributed by atoms with Gasteiger partial charge in [-0.05, 0) is 243 Å². The molecule has 36 heteroatoms. The van der Waals surface area contributed by atoms with Gasteiger partial charge in [-0.2, -0.15) is 20.4 Å². The van der Waals surface area contributed by atoms with E-state index in [1.807, 2.05) is 77.9 Å². The Balaban J connectivity index is 0.000000132. The molecule has 12 aromatic rings. The Morgan fingerprint density at radius 1 is 0.333 bits per heavy atom. The number of carbonyl (C=O) groups is 7. The van der Waals surface area contributed by atoms with Crippen LogP contribution in [0.25, 0.3) is 0 Å². The number of carbonyl (C=O) groups excluding carboxylic acids is 7. The number of esters is 2. The zero-order valence-corrected chi connectivity index (χ0v) is 80.3. The van der Waals surface area contributed by atoms with Crippen molar-refractivity contribution in [3.8, 4) is 23.0 Å². The highest BCUT2D eigenvalue weighted by Crippen LogP contribution is 2.52. The highest BCUT2D eigenvalue weighted by Gasteiger charge is 2.50. The lowest BCUT2D eigenvalue weighted by atomic mass is 9.81. The van der Waals surface area contributed by atoms with Crippen LogP contribution in [0.3, 0.4) is 0 Å². The number of halogens is 8. The predicted octanol–water partition coefficient (Wildman–Crippen LogP) is 15.9. The first-order chi connectivity index (χ1) is 69.0. The second-order valence-corrected chi connectivity index (χ2v) is 37.5. The lowest BCUT2D eigenvalue weighted by Gasteiger charge is -2.41. The Hall–Kier alpha value is -15.4. The third-order valence-electron chi connectivity index (χ3n) is 27.8. The van der Waals surface area contributed by atoms with E-state index in [0.29, 0.717) is 166 Å². The van der Waals surface area contributed by atoms with Gasteiger partial charge in [0, 0.05) is 88.9 Å². The standard InChI is InChI=1S/C29H29F2N3O5.2C27H25F2N3O4.C25H23F2N3O3/c1-15(2)33-14-23(34-26(28(33)36)27(24(35)13-32-34)39-29(37)38-16(3)4)25-19-7-5-9-21(30)17(19)11-12-18-20(25)8-6-10-22(18)31;1-14(2)31-13-22(32-25(27(31)35)26(36-15(3)33)23(34)12-30-32)24-18-6-4-8-20(28)16(18)10-11-17-19(24)7-5-9-21(17)29;1-3-12-31-14-22(32-25(27(31)35)26(36-15(2)33)23(34)13-30-32)24-18-6-4-8-20(28)16(18)10-11-17-19(24)7-5-9-21(17)29;1-2-11-29-13-20(30-23(25(29)33)24(32)21(31)12-28-30)22-16-5-3-7-18(26)14(16)9-10-15-17(22)6-4-8-19(15)27/h5-10,13,15-16,23,25H,11-12,14H2,1-4H3;4-9,12,14,22,24H,10-11,13H2,1-3H3;4-9,13,22,24H,3,10-12,14H2,1-2H3;3-8,12,20,22,32H,2,9-11,13H2,1H3. The third kappa shape index (κ3) is 18.7. The molecule has 4 atom stereocenters.